The summed E-state index contributed by atoms with van der Waals surface area (Å²) >= 11 is 0. The van der Waals surface area contributed by atoms with Gasteiger partial charge in [0.05, 0.1) is 12.7 Å². The van der Waals surface area contributed by atoms with Crippen LogP contribution in [0.5, 0.6) is 0 Å². The molecule has 1 aromatic carbocycles. The highest BCUT2D eigenvalue weighted by atomic mass is 127. The molecule has 3 rings (SSSR count). The van der Waals surface area contributed by atoms with Crippen LogP contribution < -0.4 is 10.6 Å². The van der Waals surface area contributed by atoms with Crippen LogP contribution in [-0.4, -0.2) is 63.8 Å². The Bertz CT molecular complexity index is 594. The molecular formula is C18H28FIN4O. The Morgan fingerprint density at radius 1 is 1.36 bits per heavy atom. The van der Waals surface area contributed by atoms with E-state index in [-0.39, 0.29) is 41.3 Å². The van der Waals surface area contributed by atoms with Crippen LogP contribution in [0.15, 0.2) is 29.3 Å². The van der Waals surface area contributed by atoms with Crippen LogP contribution >= 0.6 is 24.0 Å². The maximum Gasteiger partial charge on any atom is 0.191 e. The fourth-order valence-corrected chi connectivity index (χ4v) is 3.26. The molecule has 25 heavy (non-hydrogen) atoms. The monoisotopic (exact) mass is 462 g/mol. The third-order valence-corrected chi connectivity index (χ3v) is 4.96. The minimum absolute atomic E-state index is 0. The van der Waals surface area contributed by atoms with Gasteiger partial charge in [0, 0.05) is 38.6 Å². The van der Waals surface area contributed by atoms with Gasteiger partial charge in [-0.1, -0.05) is 18.2 Å². The molecule has 0 aromatic heterocycles. The van der Waals surface area contributed by atoms with E-state index in [2.05, 4.69) is 27.6 Å². The summed E-state index contributed by atoms with van der Waals surface area (Å²) in [5.74, 6) is 0.632. The van der Waals surface area contributed by atoms with Crippen LogP contribution in [0.3, 0.4) is 0 Å². The molecule has 7 heteroatoms. The molecule has 140 valence electrons. The Hall–Kier alpha value is -0.930. The molecule has 1 heterocycles. The van der Waals surface area contributed by atoms with Gasteiger partial charge in [0.1, 0.15) is 5.82 Å². The summed E-state index contributed by atoms with van der Waals surface area (Å²) in [6, 6.07) is 7.08. The van der Waals surface area contributed by atoms with E-state index in [0.717, 1.165) is 50.6 Å². The van der Waals surface area contributed by atoms with Gasteiger partial charge in [-0.25, -0.2) is 4.39 Å². The summed E-state index contributed by atoms with van der Waals surface area (Å²) < 4.78 is 19.8. The zero-order valence-corrected chi connectivity index (χ0v) is 17.3. The smallest absolute Gasteiger partial charge is 0.191 e. The van der Waals surface area contributed by atoms with Crippen molar-refractivity contribution in [2.75, 3.05) is 46.9 Å². The molecule has 0 bridgehead atoms. The predicted molar refractivity (Wildman–Crippen MR) is 109 cm³/mol. The van der Waals surface area contributed by atoms with Gasteiger partial charge in [0.15, 0.2) is 5.96 Å². The van der Waals surface area contributed by atoms with E-state index >= 15 is 0 Å². The number of nitrogens with zero attached hydrogens (tertiary/aromatic N) is 2. The Labute approximate surface area is 166 Å². The van der Waals surface area contributed by atoms with Crippen molar-refractivity contribution in [1.82, 2.24) is 15.5 Å². The third kappa shape index (κ3) is 5.27. The van der Waals surface area contributed by atoms with Crippen molar-refractivity contribution in [1.29, 1.82) is 0 Å². The number of hydrogen-bond acceptors (Lipinski definition) is 3. The van der Waals surface area contributed by atoms with Crippen LogP contribution in [0.4, 0.5) is 4.39 Å². The van der Waals surface area contributed by atoms with Gasteiger partial charge in [0.2, 0.25) is 0 Å². The van der Waals surface area contributed by atoms with Crippen molar-refractivity contribution in [3.63, 3.8) is 0 Å². The van der Waals surface area contributed by atoms with Crippen LogP contribution in [0, 0.1) is 5.82 Å². The Morgan fingerprint density at radius 2 is 2.12 bits per heavy atom. The summed E-state index contributed by atoms with van der Waals surface area (Å²) in [6.45, 7) is 4.08. The summed E-state index contributed by atoms with van der Waals surface area (Å²) in [6.07, 6.45) is 2.19. The maximum atomic E-state index is 14.1. The zero-order chi connectivity index (χ0) is 17.0. The highest BCUT2D eigenvalue weighted by Gasteiger charge is 2.45. The Kier molecular flexibility index (Phi) is 7.45. The lowest BCUT2D eigenvalue weighted by Gasteiger charge is -2.30. The molecule has 1 aromatic rings. The standard InChI is InChI=1S/C18H27FN4O.HI/c1-20-17(21-11-14-12-23(2)9-10-24-14)22-13-18(7-8-18)15-5-3-4-6-16(15)19;/h3-6,14H,7-13H2,1-2H3,(H2,20,21,22);1H. The Balaban J connectivity index is 0.00000225. The number of hydrogen-bond donors (Lipinski definition) is 2. The normalized spacial score (nSPS) is 22.8. The average molecular weight is 462 g/mol. The molecule has 1 saturated carbocycles. The number of nitrogens with one attached hydrogen (secondary N) is 2. The van der Waals surface area contributed by atoms with Crippen LogP contribution in [0.25, 0.3) is 0 Å². The van der Waals surface area contributed by atoms with Crippen LogP contribution in [0.2, 0.25) is 0 Å². The SMILES string of the molecule is CN=C(NCC1CN(C)CCO1)NCC1(c2ccccc2F)CC1.I. The summed E-state index contributed by atoms with van der Waals surface area (Å²) in [5, 5.41) is 6.67. The van der Waals surface area contributed by atoms with Crippen molar-refractivity contribution in [2.24, 2.45) is 4.99 Å². The molecule has 1 aliphatic heterocycles. The first kappa shape index (κ1) is 20.4. The number of rotatable bonds is 5. The zero-order valence-electron chi connectivity index (χ0n) is 14.9. The average Bonchev–Trinajstić information content (AvgIpc) is 3.36. The molecule has 0 spiro atoms. The fourth-order valence-electron chi connectivity index (χ4n) is 3.26. The van der Waals surface area contributed by atoms with Crippen molar-refractivity contribution in [3.8, 4) is 0 Å². The number of likely N-dealkylation sites (N-methyl/N-ethyl adjacent to an activating group) is 1. The van der Waals surface area contributed by atoms with E-state index in [1.807, 2.05) is 12.1 Å². The molecule has 5 nitrogen and oxygen atoms in total. The molecule has 1 unspecified atom stereocenters. The van der Waals surface area contributed by atoms with Gasteiger partial charge in [0.25, 0.3) is 0 Å². The van der Waals surface area contributed by atoms with Crippen LogP contribution in [-0.2, 0) is 10.2 Å². The lowest BCUT2D eigenvalue weighted by atomic mass is 9.95. The third-order valence-electron chi connectivity index (χ3n) is 4.96. The number of aliphatic imine (C=N–C) groups is 1. The topological polar surface area (TPSA) is 48.9 Å². The number of benzene rings is 1. The van der Waals surface area contributed by atoms with E-state index in [9.17, 15) is 4.39 Å². The van der Waals surface area contributed by atoms with E-state index < -0.39 is 0 Å². The van der Waals surface area contributed by atoms with Gasteiger partial charge in [-0.3, -0.25) is 4.99 Å². The summed E-state index contributed by atoms with van der Waals surface area (Å²) in [5.41, 5.74) is 0.718. The summed E-state index contributed by atoms with van der Waals surface area (Å²) in [7, 11) is 3.86. The first-order chi connectivity index (χ1) is 11.6. The predicted octanol–water partition coefficient (Wildman–Crippen LogP) is 1.97. The molecule has 2 N–H and O–H groups in total. The van der Waals surface area contributed by atoms with E-state index in [4.69, 9.17) is 4.74 Å². The quantitative estimate of drug-likeness (QED) is 0.399. The fraction of sp³-hybridized carbons (Fsp3) is 0.611. The second kappa shape index (κ2) is 9.14. The van der Waals surface area contributed by atoms with Gasteiger partial charge < -0.3 is 20.3 Å². The van der Waals surface area contributed by atoms with Crippen molar-refractivity contribution >= 4 is 29.9 Å². The molecule has 2 fully saturated rings. The lowest BCUT2D eigenvalue weighted by Crippen LogP contribution is -2.49. The first-order valence-electron chi connectivity index (χ1n) is 8.63. The minimum Gasteiger partial charge on any atom is -0.374 e. The molecular weight excluding hydrogens is 434 g/mol. The van der Waals surface area contributed by atoms with Crippen LogP contribution in [0.1, 0.15) is 18.4 Å². The molecule has 0 radical (unpaired) electrons. The largest absolute Gasteiger partial charge is 0.374 e. The van der Waals surface area contributed by atoms with Gasteiger partial charge in [-0.2, -0.15) is 0 Å². The molecule has 1 aliphatic carbocycles. The van der Waals surface area contributed by atoms with E-state index in [1.54, 1.807) is 19.2 Å². The number of ether oxygens (including phenoxy) is 1. The van der Waals surface area contributed by atoms with Gasteiger partial charge in [-0.05, 0) is 31.5 Å². The number of morpholine rings is 1. The molecule has 1 atom stereocenters. The maximum absolute atomic E-state index is 14.1. The highest BCUT2D eigenvalue weighted by Crippen LogP contribution is 2.48. The van der Waals surface area contributed by atoms with E-state index in [0.29, 0.717) is 6.54 Å². The number of guanidine groups is 1. The number of halogens is 2. The van der Waals surface area contributed by atoms with Gasteiger partial charge >= 0.3 is 0 Å². The second-order valence-electron chi connectivity index (χ2n) is 6.82. The molecule has 2 aliphatic rings. The van der Waals surface area contributed by atoms with Gasteiger partial charge in [-0.15, -0.1) is 24.0 Å². The Morgan fingerprint density at radius 3 is 2.76 bits per heavy atom. The molecule has 0 amide bonds. The van der Waals surface area contributed by atoms with E-state index in [1.165, 1.54) is 0 Å². The lowest BCUT2D eigenvalue weighted by molar-refractivity contribution is -0.0161. The molecule has 1 saturated heterocycles. The second-order valence-corrected chi connectivity index (χ2v) is 6.82. The van der Waals surface area contributed by atoms with Crippen molar-refractivity contribution in [3.05, 3.63) is 35.6 Å². The first-order valence-corrected chi connectivity index (χ1v) is 8.63. The van der Waals surface area contributed by atoms with Crippen molar-refractivity contribution in [2.45, 2.75) is 24.4 Å². The highest BCUT2D eigenvalue weighted by molar-refractivity contribution is 14.0. The summed E-state index contributed by atoms with van der Waals surface area (Å²) in [4.78, 5) is 6.54. The van der Waals surface area contributed by atoms with Crippen molar-refractivity contribution < 1.29 is 9.13 Å². The minimum atomic E-state index is -0.113.